The average molecular weight is 326 g/mol. The van der Waals surface area contributed by atoms with E-state index in [1.54, 1.807) is 0 Å². The van der Waals surface area contributed by atoms with Gasteiger partial charge < -0.3 is 4.90 Å². The summed E-state index contributed by atoms with van der Waals surface area (Å²) in [7, 11) is -2.81. The lowest BCUT2D eigenvalue weighted by Crippen LogP contribution is -2.52. The van der Waals surface area contributed by atoms with Crippen molar-refractivity contribution < 1.29 is 13.2 Å². The van der Waals surface area contributed by atoms with Gasteiger partial charge in [-0.3, -0.25) is 9.69 Å². The maximum absolute atomic E-state index is 12.5. The number of nitrogens with zero attached hydrogens (tertiary/aromatic N) is 2. The van der Waals surface area contributed by atoms with E-state index in [0.717, 1.165) is 45.2 Å². The van der Waals surface area contributed by atoms with Gasteiger partial charge in [-0.2, -0.15) is 0 Å². The number of allylic oxidation sites excluding steroid dienone is 2. The van der Waals surface area contributed by atoms with Crippen molar-refractivity contribution in [2.75, 3.05) is 37.7 Å². The number of carbonyl (C=O) groups excluding carboxylic acids is 1. The Balaban J connectivity index is 1.48. The Labute approximate surface area is 133 Å². The number of piperidine rings is 1. The Morgan fingerprint density at radius 3 is 2.23 bits per heavy atom. The molecule has 0 N–H and O–H groups in total. The minimum Gasteiger partial charge on any atom is -0.342 e. The molecule has 1 unspecified atom stereocenters. The van der Waals surface area contributed by atoms with Crippen LogP contribution in [0.1, 0.15) is 32.1 Å². The Morgan fingerprint density at radius 2 is 1.64 bits per heavy atom. The summed E-state index contributed by atoms with van der Waals surface area (Å²) in [5.41, 5.74) is 0. The molecule has 3 aliphatic rings. The molecule has 5 nitrogen and oxygen atoms in total. The molecule has 0 aromatic rings. The minimum atomic E-state index is -2.81. The van der Waals surface area contributed by atoms with Crippen LogP contribution in [-0.2, 0) is 14.6 Å². The standard InChI is InChI=1S/C16H26N2O3S/c19-16(14-4-2-1-3-5-14)18-8-6-15(7-9-18)17-10-12-22(20,21)13-11-17/h1-2,14-15H,3-13H2. The highest BCUT2D eigenvalue weighted by molar-refractivity contribution is 7.91. The van der Waals surface area contributed by atoms with Gasteiger partial charge in [0.15, 0.2) is 9.84 Å². The molecule has 0 radical (unpaired) electrons. The summed E-state index contributed by atoms with van der Waals surface area (Å²) < 4.78 is 23.0. The molecule has 1 atom stereocenters. The van der Waals surface area contributed by atoms with Crippen molar-refractivity contribution in [2.45, 2.75) is 38.1 Å². The van der Waals surface area contributed by atoms with E-state index in [2.05, 4.69) is 17.1 Å². The predicted molar refractivity (Wildman–Crippen MR) is 86.3 cm³/mol. The van der Waals surface area contributed by atoms with Crippen LogP contribution in [0.15, 0.2) is 12.2 Å². The summed E-state index contributed by atoms with van der Waals surface area (Å²) in [4.78, 5) is 16.9. The average Bonchev–Trinajstić information content (AvgIpc) is 2.55. The lowest BCUT2D eigenvalue weighted by molar-refractivity contribution is -0.137. The highest BCUT2D eigenvalue weighted by atomic mass is 32.2. The number of hydrogen-bond acceptors (Lipinski definition) is 4. The van der Waals surface area contributed by atoms with Crippen LogP contribution in [0.3, 0.4) is 0 Å². The lowest BCUT2D eigenvalue weighted by atomic mass is 9.92. The number of rotatable bonds is 2. The normalized spacial score (nSPS) is 30.4. The second-order valence-electron chi connectivity index (χ2n) is 6.73. The van der Waals surface area contributed by atoms with Gasteiger partial charge in [0, 0.05) is 38.1 Å². The largest absolute Gasteiger partial charge is 0.342 e. The van der Waals surface area contributed by atoms with Gasteiger partial charge in [0.2, 0.25) is 5.91 Å². The zero-order valence-electron chi connectivity index (χ0n) is 13.1. The molecule has 6 heteroatoms. The first kappa shape index (κ1) is 16.0. The summed E-state index contributed by atoms with van der Waals surface area (Å²) in [6, 6.07) is 0.450. The number of amides is 1. The van der Waals surface area contributed by atoms with E-state index in [4.69, 9.17) is 0 Å². The van der Waals surface area contributed by atoms with E-state index < -0.39 is 9.84 Å². The molecule has 124 valence electrons. The molecule has 22 heavy (non-hydrogen) atoms. The zero-order valence-corrected chi connectivity index (χ0v) is 13.9. The van der Waals surface area contributed by atoms with Gasteiger partial charge in [-0.1, -0.05) is 12.2 Å². The molecule has 3 rings (SSSR count). The first-order valence-corrected chi connectivity index (χ1v) is 10.3. The van der Waals surface area contributed by atoms with Gasteiger partial charge in [-0.15, -0.1) is 0 Å². The van der Waals surface area contributed by atoms with Crippen molar-refractivity contribution in [2.24, 2.45) is 5.92 Å². The Bertz CT molecular complexity index is 522. The van der Waals surface area contributed by atoms with Crippen molar-refractivity contribution in [3.05, 3.63) is 12.2 Å². The molecule has 1 amide bonds. The quantitative estimate of drug-likeness (QED) is 0.712. The van der Waals surface area contributed by atoms with Crippen LogP contribution in [0.4, 0.5) is 0 Å². The Kier molecular flexibility index (Phi) is 4.88. The molecule has 0 bridgehead atoms. The van der Waals surface area contributed by atoms with Crippen molar-refractivity contribution in [3.63, 3.8) is 0 Å². The maximum Gasteiger partial charge on any atom is 0.226 e. The van der Waals surface area contributed by atoms with Gasteiger partial charge in [0.1, 0.15) is 0 Å². The van der Waals surface area contributed by atoms with Crippen LogP contribution in [0.2, 0.25) is 0 Å². The van der Waals surface area contributed by atoms with Crippen molar-refractivity contribution in [1.29, 1.82) is 0 Å². The second kappa shape index (κ2) is 6.71. The Morgan fingerprint density at radius 1 is 0.955 bits per heavy atom. The topological polar surface area (TPSA) is 57.7 Å². The van der Waals surface area contributed by atoms with E-state index in [-0.39, 0.29) is 5.92 Å². The number of carbonyl (C=O) groups is 1. The van der Waals surface area contributed by atoms with Crippen molar-refractivity contribution >= 4 is 15.7 Å². The SMILES string of the molecule is O=C(C1CC=CCC1)N1CCC(N2CCS(=O)(=O)CC2)CC1. The highest BCUT2D eigenvalue weighted by Crippen LogP contribution is 2.24. The molecule has 2 heterocycles. The molecule has 2 aliphatic heterocycles. The smallest absolute Gasteiger partial charge is 0.226 e. The van der Waals surface area contributed by atoms with E-state index >= 15 is 0 Å². The van der Waals surface area contributed by atoms with E-state index in [0.29, 0.717) is 36.5 Å². The Hall–Kier alpha value is -0.880. The van der Waals surface area contributed by atoms with Gasteiger partial charge in [0.25, 0.3) is 0 Å². The fourth-order valence-corrected chi connectivity index (χ4v) is 5.05. The first-order valence-electron chi connectivity index (χ1n) is 8.43. The third-order valence-corrected chi connectivity index (χ3v) is 6.90. The summed E-state index contributed by atoms with van der Waals surface area (Å²) in [5.74, 6) is 1.09. The summed E-state index contributed by atoms with van der Waals surface area (Å²) in [6.45, 7) is 2.97. The monoisotopic (exact) mass is 326 g/mol. The molecule has 2 saturated heterocycles. The fourth-order valence-electron chi connectivity index (χ4n) is 3.82. The van der Waals surface area contributed by atoms with Crippen LogP contribution >= 0.6 is 0 Å². The van der Waals surface area contributed by atoms with E-state index in [9.17, 15) is 13.2 Å². The van der Waals surface area contributed by atoms with Crippen LogP contribution in [-0.4, -0.2) is 67.9 Å². The maximum atomic E-state index is 12.5. The van der Waals surface area contributed by atoms with Gasteiger partial charge in [-0.25, -0.2) is 8.42 Å². The summed E-state index contributed by atoms with van der Waals surface area (Å²) in [5, 5.41) is 0. The second-order valence-corrected chi connectivity index (χ2v) is 9.03. The van der Waals surface area contributed by atoms with Crippen LogP contribution in [0.5, 0.6) is 0 Å². The molecular weight excluding hydrogens is 300 g/mol. The first-order chi connectivity index (χ1) is 10.6. The number of sulfone groups is 1. The third-order valence-electron chi connectivity index (χ3n) is 5.29. The van der Waals surface area contributed by atoms with E-state index in [1.165, 1.54) is 0 Å². The zero-order chi connectivity index (χ0) is 15.6. The molecule has 0 spiro atoms. The minimum absolute atomic E-state index is 0.182. The fraction of sp³-hybridized carbons (Fsp3) is 0.812. The van der Waals surface area contributed by atoms with Gasteiger partial charge in [0.05, 0.1) is 11.5 Å². The highest BCUT2D eigenvalue weighted by Gasteiger charge is 2.32. The number of hydrogen-bond donors (Lipinski definition) is 0. The van der Waals surface area contributed by atoms with Gasteiger partial charge >= 0.3 is 0 Å². The van der Waals surface area contributed by atoms with Crippen molar-refractivity contribution in [3.8, 4) is 0 Å². The summed E-state index contributed by atoms with van der Waals surface area (Å²) in [6.07, 6.45) is 9.16. The molecule has 2 fully saturated rings. The van der Waals surface area contributed by atoms with Crippen LogP contribution < -0.4 is 0 Å². The third kappa shape index (κ3) is 3.71. The predicted octanol–water partition coefficient (Wildman–Crippen LogP) is 1.06. The number of likely N-dealkylation sites (tertiary alicyclic amines) is 1. The molecule has 0 saturated carbocycles. The molecule has 0 aromatic carbocycles. The van der Waals surface area contributed by atoms with Gasteiger partial charge in [-0.05, 0) is 32.1 Å². The molecule has 1 aliphatic carbocycles. The molecule has 0 aromatic heterocycles. The summed E-state index contributed by atoms with van der Waals surface area (Å²) >= 11 is 0. The van der Waals surface area contributed by atoms with E-state index in [1.807, 2.05) is 4.90 Å². The van der Waals surface area contributed by atoms with Crippen LogP contribution in [0.25, 0.3) is 0 Å². The van der Waals surface area contributed by atoms with Crippen molar-refractivity contribution in [1.82, 2.24) is 9.80 Å². The lowest BCUT2D eigenvalue weighted by Gasteiger charge is -2.40. The van der Waals surface area contributed by atoms with Crippen LogP contribution in [0, 0.1) is 5.92 Å². The molecular formula is C16H26N2O3S.